The smallest absolute Gasteiger partial charge is 0.311 e. The Labute approximate surface area is 118 Å². The summed E-state index contributed by atoms with van der Waals surface area (Å²) >= 11 is 0. The van der Waals surface area contributed by atoms with Crippen LogP contribution in [0, 0.1) is 5.92 Å². The molecule has 3 heterocycles. The first-order valence-corrected chi connectivity index (χ1v) is 7.75. The van der Waals surface area contributed by atoms with Crippen molar-refractivity contribution in [1.29, 1.82) is 0 Å². The van der Waals surface area contributed by atoms with Crippen molar-refractivity contribution < 1.29 is 13.2 Å². The van der Waals surface area contributed by atoms with Crippen LogP contribution in [0.1, 0.15) is 38.5 Å². The van der Waals surface area contributed by atoms with E-state index in [0.717, 1.165) is 18.9 Å². The van der Waals surface area contributed by atoms with Gasteiger partial charge in [-0.05, 0) is 51.0 Å². The normalized spacial score (nSPS) is 35.1. The molecule has 0 aromatic heterocycles. The molecule has 2 atom stereocenters. The molecule has 20 heavy (non-hydrogen) atoms. The van der Waals surface area contributed by atoms with E-state index in [-0.39, 0.29) is 12.0 Å². The standard InChI is InChI=1S/C15H23F3N2/c16-15(17,18)12-4-7-20(8-5-12)6-3-11-9-13-1-2-14(10-11)19-13/h4,11,13-14,19H,1-3,5-10H2. The topological polar surface area (TPSA) is 15.3 Å². The van der Waals surface area contributed by atoms with E-state index in [4.69, 9.17) is 0 Å². The second-order valence-electron chi connectivity index (χ2n) is 6.54. The van der Waals surface area contributed by atoms with E-state index in [1.165, 1.54) is 31.8 Å². The minimum Gasteiger partial charge on any atom is -0.311 e. The fourth-order valence-electron chi connectivity index (χ4n) is 3.95. The summed E-state index contributed by atoms with van der Waals surface area (Å²) < 4.78 is 37.6. The number of halogens is 3. The lowest BCUT2D eigenvalue weighted by Crippen LogP contribution is -2.39. The highest BCUT2D eigenvalue weighted by atomic mass is 19.4. The van der Waals surface area contributed by atoms with E-state index in [0.29, 0.717) is 25.2 Å². The van der Waals surface area contributed by atoms with Crippen LogP contribution >= 0.6 is 0 Å². The molecule has 2 nitrogen and oxygen atoms in total. The molecule has 2 bridgehead atoms. The highest BCUT2D eigenvalue weighted by Crippen LogP contribution is 2.33. The van der Waals surface area contributed by atoms with Crippen molar-refractivity contribution >= 4 is 0 Å². The molecular weight excluding hydrogens is 265 g/mol. The molecule has 0 radical (unpaired) electrons. The van der Waals surface area contributed by atoms with Crippen LogP contribution in [-0.2, 0) is 0 Å². The monoisotopic (exact) mass is 288 g/mol. The van der Waals surface area contributed by atoms with Crippen LogP contribution in [0.5, 0.6) is 0 Å². The molecular formula is C15H23F3N2. The molecule has 3 rings (SSSR count). The van der Waals surface area contributed by atoms with Crippen molar-refractivity contribution in [2.24, 2.45) is 5.92 Å². The average molecular weight is 288 g/mol. The Kier molecular flexibility index (Phi) is 4.09. The first kappa shape index (κ1) is 14.4. The molecule has 0 aliphatic carbocycles. The summed E-state index contributed by atoms with van der Waals surface area (Å²) in [6, 6.07) is 1.41. The van der Waals surface area contributed by atoms with Gasteiger partial charge in [0, 0.05) is 30.7 Å². The maximum atomic E-state index is 12.5. The molecule has 2 fully saturated rings. The van der Waals surface area contributed by atoms with Crippen molar-refractivity contribution in [3.8, 4) is 0 Å². The fourth-order valence-corrected chi connectivity index (χ4v) is 3.95. The van der Waals surface area contributed by atoms with Crippen LogP contribution in [0.4, 0.5) is 13.2 Å². The maximum absolute atomic E-state index is 12.5. The van der Waals surface area contributed by atoms with E-state index in [1.54, 1.807) is 0 Å². The van der Waals surface area contributed by atoms with E-state index in [9.17, 15) is 13.2 Å². The van der Waals surface area contributed by atoms with Gasteiger partial charge in [0.1, 0.15) is 0 Å². The van der Waals surface area contributed by atoms with Gasteiger partial charge >= 0.3 is 6.18 Å². The lowest BCUT2D eigenvalue weighted by Gasteiger charge is -2.32. The second-order valence-corrected chi connectivity index (χ2v) is 6.54. The van der Waals surface area contributed by atoms with Gasteiger partial charge in [0.05, 0.1) is 0 Å². The van der Waals surface area contributed by atoms with Crippen LogP contribution in [0.15, 0.2) is 11.6 Å². The molecule has 1 N–H and O–H groups in total. The van der Waals surface area contributed by atoms with Crippen LogP contribution in [0.3, 0.4) is 0 Å². The molecule has 3 aliphatic heterocycles. The molecule has 114 valence electrons. The lowest BCUT2D eigenvalue weighted by molar-refractivity contribution is -0.0960. The Bertz CT molecular complexity index is 366. The van der Waals surface area contributed by atoms with Gasteiger partial charge < -0.3 is 5.32 Å². The van der Waals surface area contributed by atoms with Crippen molar-refractivity contribution in [1.82, 2.24) is 10.2 Å². The summed E-state index contributed by atoms with van der Waals surface area (Å²) in [6.45, 7) is 1.97. The first-order chi connectivity index (χ1) is 9.50. The van der Waals surface area contributed by atoms with Crippen LogP contribution in [0.25, 0.3) is 0 Å². The van der Waals surface area contributed by atoms with E-state index in [2.05, 4.69) is 10.2 Å². The molecule has 0 spiro atoms. The first-order valence-electron chi connectivity index (χ1n) is 7.75. The second kappa shape index (κ2) is 5.68. The Hall–Kier alpha value is -0.550. The molecule has 0 amide bonds. The molecule has 0 saturated carbocycles. The minimum absolute atomic E-state index is 0.154. The molecule has 5 heteroatoms. The summed E-state index contributed by atoms with van der Waals surface area (Å²) in [6.07, 6.45) is 3.67. The quantitative estimate of drug-likeness (QED) is 0.803. The van der Waals surface area contributed by atoms with Gasteiger partial charge in [0.2, 0.25) is 0 Å². The number of fused-ring (bicyclic) bond motifs is 2. The summed E-state index contributed by atoms with van der Waals surface area (Å²) in [7, 11) is 0. The predicted molar refractivity (Wildman–Crippen MR) is 72.5 cm³/mol. The van der Waals surface area contributed by atoms with Crippen molar-refractivity contribution in [2.45, 2.75) is 56.8 Å². The minimum atomic E-state index is -4.12. The molecule has 2 unspecified atom stereocenters. The van der Waals surface area contributed by atoms with E-state index < -0.39 is 6.18 Å². The fraction of sp³-hybridized carbons (Fsp3) is 0.867. The number of rotatable bonds is 3. The zero-order valence-electron chi connectivity index (χ0n) is 11.8. The number of alkyl halides is 3. The Morgan fingerprint density at radius 1 is 1.20 bits per heavy atom. The van der Waals surface area contributed by atoms with Gasteiger partial charge in [-0.1, -0.05) is 6.08 Å². The van der Waals surface area contributed by atoms with Crippen LogP contribution in [0.2, 0.25) is 0 Å². The van der Waals surface area contributed by atoms with Gasteiger partial charge in [-0.25, -0.2) is 0 Å². The zero-order valence-corrected chi connectivity index (χ0v) is 11.8. The highest BCUT2D eigenvalue weighted by molar-refractivity contribution is 5.13. The van der Waals surface area contributed by atoms with Gasteiger partial charge in [0.25, 0.3) is 0 Å². The molecule has 3 aliphatic rings. The third kappa shape index (κ3) is 3.37. The molecule has 0 aromatic rings. The number of nitrogens with zero attached hydrogens (tertiary/aromatic N) is 1. The number of nitrogens with one attached hydrogen (secondary N) is 1. The van der Waals surface area contributed by atoms with Crippen LogP contribution in [-0.4, -0.2) is 42.8 Å². The van der Waals surface area contributed by atoms with E-state index in [1.807, 2.05) is 0 Å². The summed E-state index contributed by atoms with van der Waals surface area (Å²) in [5.41, 5.74) is -0.339. The van der Waals surface area contributed by atoms with Gasteiger partial charge in [0.15, 0.2) is 0 Å². The van der Waals surface area contributed by atoms with Crippen molar-refractivity contribution in [2.75, 3.05) is 19.6 Å². The Balaban J connectivity index is 1.43. The number of hydrogen-bond acceptors (Lipinski definition) is 2. The van der Waals surface area contributed by atoms with Crippen molar-refractivity contribution in [3.63, 3.8) is 0 Å². The Morgan fingerprint density at radius 3 is 2.45 bits per heavy atom. The highest BCUT2D eigenvalue weighted by Gasteiger charge is 2.35. The molecule has 2 saturated heterocycles. The summed E-state index contributed by atoms with van der Waals surface area (Å²) in [4.78, 5) is 2.17. The van der Waals surface area contributed by atoms with Crippen molar-refractivity contribution in [3.05, 3.63) is 11.6 Å². The van der Waals surface area contributed by atoms with E-state index >= 15 is 0 Å². The third-order valence-electron chi connectivity index (χ3n) is 5.08. The molecule has 0 aromatic carbocycles. The van der Waals surface area contributed by atoms with Crippen LogP contribution < -0.4 is 5.32 Å². The predicted octanol–water partition coefficient (Wildman–Crippen LogP) is 3.10. The third-order valence-corrected chi connectivity index (χ3v) is 5.08. The van der Waals surface area contributed by atoms with Gasteiger partial charge in [-0.3, -0.25) is 4.90 Å². The number of hydrogen-bond donors (Lipinski definition) is 1. The zero-order chi connectivity index (χ0) is 14.2. The van der Waals surface area contributed by atoms with Gasteiger partial charge in [-0.2, -0.15) is 13.2 Å². The summed E-state index contributed by atoms with van der Waals surface area (Å²) in [5.74, 6) is 0.766. The van der Waals surface area contributed by atoms with Gasteiger partial charge in [-0.15, -0.1) is 0 Å². The summed E-state index contributed by atoms with van der Waals surface area (Å²) in [5, 5.41) is 3.63. The SMILES string of the molecule is FC(F)(F)C1=CCN(CCC2CC3CCC(C2)N3)CC1. The average Bonchev–Trinajstić information content (AvgIpc) is 2.75. The lowest BCUT2D eigenvalue weighted by atomic mass is 9.89. The number of piperidine rings is 1. The maximum Gasteiger partial charge on any atom is 0.412 e. The Morgan fingerprint density at radius 2 is 1.90 bits per heavy atom. The largest absolute Gasteiger partial charge is 0.412 e.